The average molecular weight is 487 g/mol. The molecule has 0 radical (unpaired) electrons. The number of ether oxygens (including phenoxy) is 2. The van der Waals surface area contributed by atoms with Gasteiger partial charge in [0.05, 0.1) is 5.56 Å². The second-order valence-electron chi connectivity index (χ2n) is 8.36. The molecule has 0 saturated heterocycles. The van der Waals surface area contributed by atoms with Gasteiger partial charge in [-0.1, -0.05) is 12.1 Å². The Hall–Kier alpha value is -3.40. The molecule has 180 valence electrons. The van der Waals surface area contributed by atoms with Gasteiger partial charge in [-0.2, -0.15) is 0 Å². The minimum Gasteiger partial charge on any atom is -0.454 e. The van der Waals surface area contributed by atoms with Crippen LogP contribution in [0.1, 0.15) is 52.5 Å². The number of hydrogen-bond acceptors (Lipinski definition) is 7. The van der Waals surface area contributed by atoms with Crippen LogP contribution in [0.4, 0.5) is 4.79 Å². The SMILES string of the molecule is CC(=O)c1ccc2c(c1)CC[C@@H](OC(=O)N(C)CCCCN1C(=O)c3ccccc3S1(=O)=O)O2. The highest BCUT2D eigenvalue weighted by molar-refractivity contribution is 7.90. The fourth-order valence-corrected chi connectivity index (χ4v) is 5.62. The lowest BCUT2D eigenvalue weighted by Gasteiger charge is -2.27. The maximum absolute atomic E-state index is 12.6. The fraction of sp³-hybridized carbons (Fsp3) is 0.375. The molecule has 10 heteroatoms. The molecule has 4 rings (SSSR count). The number of amides is 2. The fourth-order valence-electron chi connectivity index (χ4n) is 4.02. The summed E-state index contributed by atoms with van der Waals surface area (Å²) in [7, 11) is -2.23. The molecule has 2 aliphatic heterocycles. The average Bonchev–Trinajstić information content (AvgIpc) is 3.01. The third-order valence-electron chi connectivity index (χ3n) is 5.94. The summed E-state index contributed by atoms with van der Waals surface area (Å²) >= 11 is 0. The van der Waals surface area contributed by atoms with Crippen LogP contribution < -0.4 is 4.74 Å². The van der Waals surface area contributed by atoms with Crippen LogP contribution in [-0.2, 0) is 21.2 Å². The first-order valence-corrected chi connectivity index (χ1v) is 12.5. The highest BCUT2D eigenvalue weighted by Crippen LogP contribution is 2.31. The maximum atomic E-state index is 12.6. The minimum atomic E-state index is -3.82. The minimum absolute atomic E-state index is 0.0192. The first-order valence-electron chi connectivity index (χ1n) is 11.1. The van der Waals surface area contributed by atoms with Gasteiger partial charge in [0.2, 0.25) is 6.29 Å². The number of hydrogen-bond donors (Lipinski definition) is 0. The number of fused-ring (bicyclic) bond motifs is 2. The van der Waals surface area contributed by atoms with Crippen molar-refractivity contribution in [3.63, 3.8) is 0 Å². The van der Waals surface area contributed by atoms with Crippen molar-refractivity contribution >= 4 is 27.8 Å². The summed E-state index contributed by atoms with van der Waals surface area (Å²) in [5.41, 5.74) is 1.71. The number of aryl methyl sites for hydroxylation is 1. The van der Waals surface area contributed by atoms with Crippen molar-refractivity contribution in [3.05, 3.63) is 59.2 Å². The van der Waals surface area contributed by atoms with Gasteiger partial charge < -0.3 is 14.4 Å². The van der Waals surface area contributed by atoms with Crippen molar-refractivity contribution in [2.45, 2.75) is 43.8 Å². The quantitative estimate of drug-likeness (QED) is 0.436. The molecule has 2 amide bonds. The zero-order valence-corrected chi connectivity index (χ0v) is 19.8. The second kappa shape index (κ2) is 9.46. The summed E-state index contributed by atoms with van der Waals surface area (Å²) in [5, 5.41) is 0. The van der Waals surface area contributed by atoms with Crippen molar-refractivity contribution < 1.29 is 32.3 Å². The van der Waals surface area contributed by atoms with E-state index in [2.05, 4.69) is 0 Å². The highest BCUT2D eigenvalue weighted by atomic mass is 32.2. The van der Waals surface area contributed by atoms with Crippen LogP contribution in [0.5, 0.6) is 5.75 Å². The van der Waals surface area contributed by atoms with E-state index >= 15 is 0 Å². The standard InChI is InChI=1S/C24H26N2O7S/c1-16(27)17-9-11-20-18(15-17)10-12-22(32-20)33-24(29)25(2)13-5-6-14-26-23(28)19-7-3-4-8-21(19)34(26,30)31/h3-4,7-9,11,15,22H,5-6,10,12-14H2,1-2H3/t22-/m1/s1. The summed E-state index contributed by atoms with van der Waals surface area (Å²) in [6.45, 7) is 1.88. The van der Waals surface area contributed by atoms with Crippen LogP contribution >= 0.6 is 0 Å². The Morgan fingerprint density at radius 1 is 1.18 bits per heavy atom. The van der Waals surface area contributed by atoms with E-state index in [1.807, 2.05) is 0 Å². The lowest BCUT2D eigenvalue weighted by atomic mass is 10.0. The number of benzene rings is 2. The number of carbonyl (C=O) groups excluding carboxylic acids is 3. The van der Waals surface area contributed by atoms with E-state index in [4.69, 9.17) is 9.47 Å². The van der Waals surface area contributed by atoms with Gasteiger partial charge in [0.25, 0.3) is 15.9 Å². The van der Waals surface area contributed by atoms with Gasteiger partial charge in [-0.15, -0.1) is 0 Å². The molecule has 0 fully saturated rings. The van der Waals surface area contributed by atoms with Crippen molar-refractivity contribution in [1.29, 1.82) is 0 Å². The molecule has 0 bridgehead atoms. The first-order chi connectivity index (χ1) is 16.2. The van der Waals surface area contributed by atoms with Crippen molar-refractivity contribution in [3.8, 4) is 5.75 Å². The normalized spacial score (nSPS) is 18.0. The number of ketones is 1. The van der Waals surface area contributed by atoms with Crippen LogP contribution in [0.25, 0.3) is 0 Å². The predicted molar refractivity (Wildman–Crippen MR) is 122 cm³/mol. The Bertz CT molecular complexity index is 1240. The zero-order chi connectivity index (χ0) is 24.5. The molecule has 34 heavy (non-hydrogen) atoms. The van der Waals surface area contributed by atoms with E-state index in [9.17, 15) is 22.8 Å². The molecule has 1 atom stereocenters. The van der Waals surface area contributed by atoms with E-state index < -0.39 is 28.3 Å². The molecule has 2 aromatic carbocycles. The van der Waals surface area contributed by atoms with E-state index in [1.54, 1.807) is 37.4 Å². The van der Waals surface area contributed by atoms with Crippen LogP contribution in [0.2, 0.25) is 0 Å². The molecule has 2 aliphatic rings. The summed E-state index contributed by atoms with van der Waals surface area (Å²) in [6, 6.07) is 11.3. The van der Waals surface area contributed by atoms with Gasteiger partial charge in [0, 0.05) is 32.1 Å². The number of rotatable bonds is 7. The van der Waals surface area contributed by atoms with Crippen molar-refractivity contribution in [1.82, 2.24) is 9.21 Å². The largest absolute Gasteiger partial charge is 0.454 e. The first kappa shape index (κ1) is 23.7. The topological polar surface area (TPSA) is 110 Å². The molecule has 0 spiro atoms. The Kier molecular flexibility index (Phi) is 6.60. The summed E-state index contributed by atoms with van der Waals surface area (Å²) in [6.07, 6.45) is 0.719. The molecule has 0 N–H and O–H groups in total. The van der Waals surface area contributed by atoms with Crippen LogP contribution in [0.15, 0.2) is 47.4 Å². The van der Waals surface area contributed by atoms with E-state index in [1.165, 1.54) is 24.0 Å². The zero-order valence-electron chi connectivity index (χ0n) is 19.0. The molecule has 9 nitrogen and oxygen atoms in total. The Morgan fingerprint density at radius 3 is 2.68 bits per heavy atom. The number of sulfonamides is 1. The molecule has 2 aromatic rings. The number of unbranched alkanes of at least 4 members (excludes halogenated alkanes) is 1. The lowest BCUT2D eigenvalue weighted by Crippen LogP contribution is -2.36. The number of Topliss-reactive ketones (excluding diaryl/α,β-unsaturated/α-hetero) is 1. The van der Waals surface area contributed by atoms with Gasteiger partial charge in [0.15, 0.2) is 5.78 Å². The third-order valence-corrected chi connectivity index (χ3v) is 7.78. The summed E-state index contributed by atoms with van der Waals surface area (Å²) in [5.74, 6) is 0.0527. The van der Waals surface area contributed by atoms with E-state index in [0.29, 0.717) is 43.5 Å². The van der Waals surface area contributed by atoms with Crippen molar-refractivity contribution in [2.75, 3.05) is 20.1 Å². The molecular weight excluding hydrogens is 460 g/mol. The molecule has 0 unspecified atom stereocenters. The number of nitrogens with zero attached hydrogens (tertiary/aromatic N) is 2. The van der Waals surface area contributed by atoms with E-state index in [0.717, 1.165) is 9.87 Å². The Balaban J connectivity index is 1.24. The van der Waals surface area contributed by atoms with Crippen LogP contribution in [-0.4, -0.2) is 61.8 Å². The molecule has 0 aromatic heterocycles. The van der Waals surface area contributed by atoms with Gasteiger partial charge in [-0.05, 0) is 62.1 Å². The monoisotopic (exact) mass is 486 g/mol. The van der Waals surface area contributed by atoms with Gasteiger partial charge in [-0.3, -0.25) is 9.59 Å². The molecule has 0 saturated carbocycles. The van der Waals surface area contributed by atoms with Crippen LogP contribution in [0, 0.1) is 0 Å². The third kappa shape index (κ3) is 4.63. The lowest BCUT2D eigenvalue weighted by molar-refractivity contribution is -0.0552. The van der Waals surface area contributed by atoms with Gasteiger partial charge in [-0.25, -0.2) is 17.5 Å². The second-order valence-corrected chi connectivity index (χ2v) is 10.2. The molecule has 2 heterocycles. The molecular formula is C24H26N2O7S. The molecule has 0 aliphatic carbocycles. The summed E-state index contributed by atoms with van der Waals surface area (Å²) in [4.78, 5) is 37.8. The van der Waals surface area contributed by atoms with Crippen molar-refractivity contribution in [2.24, 2.45) is 0 Å². The summed E-state index contributed by atoms with van der Waals surface area (Å²) < 4.78 is 37.3. The van der Waals surface area contributed by atoms with Gasteiger partial charge in [0.1, 0.15) is 10.6 Å². The number of carbonyl (C=O) groups is 3. The van der Waals surface area contributed by atoms with Crippen LogP contribution in [0.3, 0.4) is 0 Å². The Morgan fingerprint density at radius 2 is 1.94 bits per heavy atom. The maximum Gasteiger partial charge on any atom is 0.412 e. The Labute approximate surface area is 198 Å². The highest BCUT2D eigenvalue weighted by Gasteiger charge is 2.40. The van der Waals surface area contributed by atoms with Gasteiger partial charge >= 0.3 is 6.09 Å². The smallest absolute Gasteiger partial charge is 0.412 e. The predicted octanol–water partition coefficient (Wildman–Crippen LogP) is 3.23. The van der Waals surface area contributed by atoms with E-state index in [-0.39, 0.29) is 22.8 Å².